The first-order chi connectivity index (χ1) is 15.7. The van der Waals surface area contributed by atoms with Crippen LogP contribution in [0.3, 0.4) is 0 Å². The molecule has 1 aromatic heterocycles. The van der Waals surface area contributed by atoms with Gasteiger partial charge in [-0.3, -0.25) is 14.5 Å². The highest BCUT2D eigenvalue weighted by atomic mass is 16.2. The maximum absolute atomic E-state index is 12.8. The smallest absolute Gasteiger partial charge is 0.270 e. The molecule has 5 rings (SSSR count). The van der Waals surface area contributed by atoms with Crippen LogP contribution in [-0.4, -0.2) is 51.9 Å². The van der Waals surface area contributed by atoms with Crippen molar-refractivity contribution in [2.24, 2.45) is 0 Å². The van der Waals surface area contributed by atoms with Crippen LogP contribution in [0.1, 0.15) is 17.7 Å². The average molecular weight is 427 g/mol. The number of nitrogens with zero attached hydrogens (tertiary/aromatic N) is 3. The van der Waals surface area contributed by atoms with E-state index in [1.54, 1.807) is 0 Å². The van der Waals surface area contributed by atoms with E-state index >= 15 is 0 Å². The predicted molar refractivity (Wildman–Crippen MR) is 126 cm³/mol. The number of hydrogen-bond donors (Lipinski definition) is 1. The van der Waals surface area contributed by atoms with E-state index in [1.165, 1.54) is 16.3 Å². The van der Waals surface area contributed by atoms with E-state index in [9.17, 15) is 9.59 Å². The Labute approximate surface area is 186 Å². The van der Waals surface area contributed by atoms with Gasteiger partial charge in [-0.05, 0) is 28.5 Å². The lowest BCUT2D eigenvalue weighted by molar-refractivity contribution is -0.133. The summed E-state index contributed by atoms with van der Waals surface area (Å²) in [6.07, 6.45) is 0.660. The second kappa shape index (κ2) is 8.93. The minimum atomic E-state index is -0.212. The minimum Gasteiger partial charge on any atom is -0.340 e. The van der Waals surface area contributed by atoms with Gasteiger partial charge in [-0.2, -0.15) is 0 Å². The second-order valence-corrected chi connectivity index (χ2v) is 8.32. The largest absolute Gasteiger partial charge is 0.340 e. The monoisotopic (exact) mass is 426 g/mol. The van der Waals surface area contributed by atoms with Crippen molar-refractivity contribution in [1.82, 2.24) is 19.8 Å². The SMILES string of the molecule is O=C(CCc1nc2ccccc2[nH]c1=O)N1CCN(Cc2cccc3ccccc23)CC1. The summed E-state index contributed by atoms with van der Waals surface area (Å²) in [5.41, 5.74) is 3.00. The fraction of sp³-hybridized carbons (Fsp3) is 0.269. The van der Waals surface area contributed by atoms with E-state index in [0.717, 1.165) is 30.7 Å². The van der Waals surface area contributed by atoms with Gasteiger partial charge < -0.3 is 9.88 Å². The molecule has 0 radical (unpaired) electrons. The Kier molecular flexibility index (Phi) is 5.69. The van der Waals surface area contributed by atoms with Crippen molar-refractivity contribution in [3.05, 3.63) is 88.3 Å². The summed E-state index contributed by atoms with van der Waals surface area (Å²) in [7, 11) is 0. The molecule has 4 aromatic rings. The number of carbonyl (C=O) groups is 1. The number of H-pyrrole nitrogens is 1. The van der Waals surface area contributed by atoms with Crippen LogP contribution in [0.25, 0.3) is 21.8 Å². The van der Waals surface area contributed by atoms with E-state index in [4.69, 9.17) is 0 Å². The third-order valence-corrected chi connectivity index (χ3v) is 6.24. The van der Waals surface area contributed by atoms with Gasteiger partial charge in [-0.25, -0.2) is 4.98 Å². The van der Waals surface area contributed by atoms with Gasteiger partial charge in [0.15, 0.2) is 0 Å². The molecule has 0 spiro atoms. The molecule has 6 heteroatoms. The fourth-order valence-corrected chi connectivity index (χ4v) is 4.45. The first-order valence-electron chi connectivity index (χ1n) is 11.1. The summed E-state index contributed by atoms with van der Waals surface area (Å²) in [6.45, 7) is 4.02. The quantitative estimate of drug-likeness (QED) is 0.531. The van der Waals surface area contributed by atoms with Crippen LogP contribution in [0.4, 0.5) is 0 Å². The standard InChI is InChI=1S/C26H26N4O2/c31-25(13-12-24-26(32)28-23-11-4-3-10-22(23)27-24)30-16-14-29(15-17-30)18-20-8-5-7-19-6-1-2-9-21(19)20/h1-11H,12-18H2,(H,28,32). The molecular formula is C26H26N4O2. The third kappa shape index (κ3) is 4.27. The van der Waals surface area contributed by atoms with Gasteiger partial charge in [0, 0.05) is 45.6 Å². The molecule has 0 atom stereocenters. The lowest BCUT2D eigenvalue weighted by Crippen LogP contribution is -2.48. The lowest BCUT2D eigenvalue weighted by Gasteiger charge is -2.35. The number of piperazine rings is 1. The normalized spacial score (nSPS) is 14.8. The number of rotatable bonds is 5. The summed E-state index contributed by atoms with van der Waals surface area (Å²) < 4.78 is 0. The van der Waals surface area contributed by atoms with Crippen LogP contribution in [0.2, 0.25) is 0 Å². The topological polar surface area (TPSA) is 69.3 Å². The van der Waals surface area contributed by atoms with Crippen LogP contribution in [0.5, 0.6) is 0 Å². The predicted octanol–water partition coefficient (Wildman–Crippen LogP) is 3.35. The van der Waals surface area contributed by atoms with Crippen LogP contribution in [0, 0.1) is 0 Å². The van der Waals surface area contributed by atoms with Gasteiger partial charge in [0.05, 0.1) is 11.0 Å². The van der Waals surface area contributed by atoms with Crippen molar-refractivity contribution >= 4 is 27.7 Å². The molecule has 1 amide bonds. The summed E-state index contributed by atoms with van der Waals surface area (Å²) in [5, 5.41) is 2.55. The molecule has 1 aliphatic heterocycles. The van der Waals surface area contributed by atoms with Gasteiger partial charge >= 0.3 is 0 Å². The average Bonchev–Trinajstić information content (AvgIpc) is 2.83. The van der Waals surface area contributed by atoms with Crippen molar-refractivity contribution < 1.29 is 4.79 Å². The molecule has 3 aromatic carbocycles. The van der Waals surface area contributed by atoms with E-state index < -0.39 is 0 Å². The van der Waals surface area contributed by atoms with Gasteiger partial charge in [0.1, 0.15) is 5.69 Å². The highest BCUT2D eigenvalue weighted by molar-refractivity contribution is 5.85. The van der Waals surface area contributed by atoms with Crippen molar-refractivity contribution in [3.63, 3.8) is 0 Å². The zero-order chi connectivity index (χ0) is 21.9. The van der Waals surface area contributed by atoms with Crippen LogP contribution in [0.15, 0.2) is 71.5 Å². The number of aromatic amines is 1. The Hall–Kier alpha value is -3.51. The van der Waals surface area contributed by atoms with Crippen LogP contribution >= 0.6 is 0 Å². The van der Waals surface area contributed by atoms with Crippen molar-refractivity contribution in [3.8, 4) is 0 Å². The maximum Gasteiger partial charge on any atom is 0.270 e. The minimum absolute atomic E-state index is 0.0872. The number of para-hydroxylation sites is 2. The summed E-state index contributed by atoms with van der Waals surface area (Å²) in [4.78, 5) is 36.7. The molecule has 1 saturated heterocycles. The zero-order valence-corrected chi connectivity index (χ0v) is 18.0. The number of amides is 1. The Morgan fingerprint density at radius 3 is 2.53 bits per heavy atom. The lowest BCUT2D eigenvalue weighted by atomic mass is 10.0. The summed E-state index contributed by atoms with van der Waals surface area (Å²) in [5.74, 6) is 0.0872. The van der Waals surface area contributed by atoms with Crippen LogP contribution in [-0.2, 0) is 17.8 Å². The molecule has 0 aliphatic carbocycles. The van der Waals surface area contributed by atoms with Gasteiger partial charge in [-0.15, -0.1) is 0 Å². The van der Waals surface area contributed by atoms with Gasteiger partial charge in [-0.1, -0.05) is 54.6 Å². The Bertz CT molecular complexity index is 1320. The molecule has 0 saturated carbocycles. The second-order valence-electron chi connectivity index (χ2n) is 8.32. The van der Waals surface area contributed by atoms with Crippen LogP contribution < -0.4 is 5.56 Å². The zero-order valence-electron chi connectivity index (χ0n) is 18.0. The molecule has 1 aliphatic rings. The molecule has 1 fully saturated rings. The first-order valence-corrected chi connectivity index (χ1v) is 11.1. The number of carbonyl (C=O) groups excluding carboxylic acids is 1. The Morgan fingerprint density at radius 1 is 0.906 bits per heavy atom. The maximum atomic E-state index is 12.8. The molecular weight excluding hydrogens is 400 g/mol. The molecule has 0 unspecified atom stereocenters. The van der Waals surface area contributed by atoms with Gasteiger partial charge in [0.2, 0.25) is 5.91 Å². The number of benzene rings is 3. The first kappa shape index (κ1) is 20.4. The van der Waals surface area contributed by atoms with Crippen molar-refractivity contribution in [1.29, 1.82) is 0 Å². The molecule has 6 nitrogen and oxygen atoms in total. The number of hydrogen-bond acceptors (Lipinski definition) is 4. The molecule has 32 heavy (non-hydrogen) atoms. The summed E-state index contributed by atoms with van der Waals surface area (Å²) in [6, 6.07) is 22.4. The van der Waals surface area contributed by atoms with E-state index in [-0.39, 0.29) is 11.5 Å². The number of fused-ring (bicyclic) bond motifs is 2. The number of aromatic nitrogens is 2. The highest BCUT2D eigenvalue weighted by Gasteiger charge is 2.22. The highest BCUT2D eigenvalue weighted by Crippen LogP contribution is 2.20. The number of nitrogens with one attached hydrogen (secondary N) is 1. The van der Waals surface area contributed by atoms with E-state index in [0.29, 0.717) is 31.6 Å². The summed E-state index contributed by atoms with van der Waals surface area (Å²) >= 11 is 0. The Balaban J connectivity index is 1.17. The molecule has 2 heterocycles. The van der Waals surface area contributed by atoms with E-state index in [1.807, 2.05) is 29.2 Å². The van der Waals surface area contributed by atoms with Crippen molar-refractivity contribution in [2.45, 2.75) is 19.4 Å². The van der Waals surface area contributed by atoms with E-state index in [2.05, 4.69) is 57.3 Å². The molecule has 162 valence electrons. The fourth-order valence-electron chi connectivity index (χ4n) is 4.45. The number of aryl methyl sites for hydroxylation is 1. The molecule has 1 N–H and O–H groups in total. The third-order valence-electron chi connectivity index (χ3n) is 6.24. The van der Waals surface area contributed by atoms with Crippen molar-refractivity contribution in [2.75, 3.05) is 26.2 Å². The Morgan fingerprint density at radius 2 is 1.66 bits per heavy atom. The van der Waals surface area contributed by atoms with Gasteiger partial charge in [0.25, 0.3) is 5.56 Å². The molecule has 0 bridgehead atoms.